The molecule has 0 bridgehead atoms. The topological polar surface area (TPSA) is 132 Å². The molecule has 1 fully saturated rings. The van der Waals surface area contributed by atoms with Gasteiger partial charge in [-0.15, -0.1) is 12.4 Å². The Bertz CT molecular complexity index is 1500. The van der Waals surface area contributed by atoms with E-state index < -0.39 is 21.0 Å². The highest BCUT2D eigenvalue weighted by Gasteiger charge is 2.33. The molecule has 3 N–H and O–H groups in total. The Kier molecular flexibility index (Phi) is 7.34. The summed E-state index contributed by atoms with van der Waals surface area (Å²) in [7, 11) is -3.69. The van der Waals surface area contributed by atoms with Gasteiger partial charge in [0.25, 0.3) is 5.91 Å². The van der Waals surface area contributed by atoms with E-state index in [2.05, 4.69) is 10.3 Å². The van der Waals surface area contributed by atoms with Crippen molar-refractivity contribution in [3.8, 4) is 5.75 Å². The number of pyridine rings is 1. The summed E-state index contributed by atoms with van der Waals surface area (Å²) < 4.78 is 33.0. The Balaban J connectivity index is 0.00000320. The predicted molar refractivity (Wildman–Crippen MR) is 144 cm³/mol. The zero-order chi connectivity index (χ0) is 25.6. The second-order valence-corrected chi connectivity index (χ2v) is 11.5. The molecule has 0 unspecified atom stereocenters. The molecule has 2 aliphatic rings. The predicted octanol–water partition coefficient (Wildman–Crippen LogP) is 3.53. The summed E-state index contributed by atoms with van der Waals surface area (Å²) in [6, 6.07) is 8.84. The summed E-state index contributed by atoms with van der Waals surface area (Å²) in [4.78, 5) is 30.3. The number of nitrogens with two attached hydrogens (primary N) is 1. The number of aryl methyl sites for hydroxylation is 1. The van der Waals surface area contributed by atoms with Crippen LogP contribution < -0.4 is 15.8 Å². The number of rotatable bonds is 5. The summed E-state index contributed by atoms with van der Waals surface area (Å²) in [6.07, 6.45) is 2.88. The van der Waals surface area contributed by atoms with Gasteiger partial charge in [0.2, 0.25) is 5.91 Å². The van der Waals surface area contributed by atoms with Gasteiger partial charge in [-0.05, 0) is 49.6 Å². The molecule has 0 aliphatic carbocycles. The Morgan fingerprint density at radius 1 is 1.19 bits per heavy atom. The monoisotopic (exact) mass is 544 g/mol. The molecule has 2 aromatic carbocycles. The largest absolute Gasteiger partial charge is 0.493 e. The number of anilines is 2. The zero-order valence-electron chi connectivity index (χ0n) is 20.6. The number of likely N-dealkylation sites (tertiary alicyclic amines) is 1. The van der Waals surface area contributed by atoms with Gasteiger partial charge >= 0.3 is 0 Å². The minimum absolute atomic E-state index is 0. The van der Waals surface area contributed by atoms with Crippen molar-refractivity contribution in [2.24, 2.45) is 5.73 Å². The molecule has 2 amide bonds. The third kappa shape index (κ3) is 4.83. The number of carbonyl (C=O) groups excluding carboxylic acids is 2. The number of nitrogens with zero attached hydrogens (tertiary/aromatic N) is 2. The van der Waals surface area contributed by atoms with E-state index in [4.69, 9.17) is 10.5 Å². The molecular weight excluding hydrogens is 516 g/mol. The van der Waals surface area contributed by atoms with Crippen LogP contribution in [0.1, 0.15) is 41.3 Å². The third-order valence-corrected chi connectivity index (χ3v) is 9.30. The fraction of sp³-hybridized carbons (Fsp3) is 0.346. The molecule has 11 heteroatoms. The fourth-order valence-corrected chi connectivity index (χ4v) is 6.92. The number of hydrogen-bond donors (Lipinski definition) is 2. The van der Waals surface area contributed by atoms with Crippen molar-refractivity contribution in [2.75, 3.05) is 25.0 Å². The van der Waals surface area contributed by atoms with Crippen LogP contribution in [0.5, 0.6) is 5.75 Å². The van der Waals surface area contributed by atoms with Crippen molar-refractivity contribution in [3.63, 3.8) is 0 Å². The van der Waals surface area contributed by atoms with Gasteiger partial charge in [0, 0.05) is 49.3 Å². The number of aromatic nitrogens is 1. The van der Waals surface area contributed by atoms with Gasteiger partial charge < -0.3 is 20.7 Å². The van der Waals surface area contributed by atoms with Gasteiger partial charge in [0.1, 0.15) is 5.75 Å². The first-order valence-electron chi connectivity index (χ1n) is 11.9. The first-order valence-corrected chi connectivity index (χ1v) is 13.5. The first-order chi connectivity index (χ1) is 17.2. The fourth-order valence-electron chi connectivity index (χ4n) is 5.08. The lowest BCUT2D eigenvalue weighted by Gasteiger charge is -2.31. The van der Waals surface area contributed by atoms with Crippen LogP contribution in [0.4, 0.5) is 11.4 Å². The van der Waals surface area contributed by atoms with E-state index in [0.717, 1.165) is 17.0 Å². The van der Waals surface area contributed by atoms with Crippen LogP contribution in [0.3, 0.4) is 0 Å². The summed E-state index contributed by atoms with van der Waals surface area (Å²) in [6.45, 7) is 4.68. The highest BCUT2D eigenvalue weighted by Crippen LogP contribution is 2.38. The molecule has 3 heterocycles. The molecule has 5 rings (SSSR count). The van der Waals surface area contributed by atoms with Crippen LogP contribution in [0.2, 0.25) is 0 Å². The van der Waals surface area contributed by atoms with Crippen LogP contribution in [0, 0.1) is 6.92 Å². The molecule has 0 spiro atoms. The standard InChI is InChI=1S/C26H28N4O5S.ClH/c1-15-12-18(36(33,34)17-6-9-30(10-7-17)16(2)31)13-20-24(15)28-14-21(26(27)32)25(20)29-22-4-3-5-23-19(22)8-11-35-23;/h3-5,12-14,17H,6-11H2,1-2H3,(H2,27,32)(H,28,29);1H. The number of benzene rings is 2. The highest BCUT2D eigenvalue weighted by molar-refractivity contribution is 7.92. The van der Waals surface area contributed by atoms with Gasteiger partial charge in [-0.2, -0.15) is 0 Å². The van der Waals surface area contributed by atoms with E-state index in [1.807, 2.05) is 18.2 Å². The Morgan fingerprint density at radius 2 is 1.92 bits per heavy atom. The molecule has 0 radical (unpaired) electrons. The number of hydrogen-bond acceptors (Lipinski definition) is 7. The molecule has 9 nitrogen and oxygen atoms in total. The van der Waals surface area contributed by atoms with E-state index in [1.165, 1.54) is 13.1 Å². The summed E-state index contributed by atoms with van der Waals surface area (Å²) in [5.41, 5.74) is 9.28. The quantitative estimate of drug-likeness (QED) is 0.502. The second-order valence-electron chi connectivity index (χ2n) is 9.30. The molecule has 1 aromatic heterocycles. The molecule has 0 saturated carbocycles. The Morgan fingerprint density at radius 3 is 2.59 bits per heavy atom. The maximum atomic E-state index is 13.6. The number of piperidine rings is 1. The van der Waals surface area contributed by atoms with Crippen LogP contribution >= 0.6 is 12.4 Å². The average Bonchev–Trinajstić information content (AvgIpc) is 3.34. The second kappa shape index (κ2) is 10.2. The van der Waals surface area contributed by atoms with Gasteiger partial charge in [0.05, 0.1) is 33.5 Å². The molecule has 0 atom stereocenters. The van der Waals surface area contributed by atoms with E-state index in [0.29, 0.717) is 61.1 Å². The normalized spacial score (nSPS) is 15.6. The van der Waals surface area contributed by atoms with Crippen molar-refractivity contribution >= 4 is 56.3 Å². The van der Waals surface area contributed by atoms with E-state index >= 15 is 0 Å². The highest BCUT2D eigenvalue weighted by atomic mass is 35.5. The number of fused-ring (bicyclic) bond motifs is 2. The lowest BCUT2D eigenvalue weighted by molar-refractivity contribution is -0.129. The van der Waals surface area contributed by atoms with E-state index in [-0.39, 0.29) is 28.8 Å². The minimum Gasteiger partial charge on any atom is -0.493 e. The number of halogens is 1. The van der Waals surface area contributed by atoms with Crippen LogP contribution in [-0.4, -0.2) is 55.1 Å². The molecule has 37 heavy (non-hydrogen) atoms. The number of nitrogens with one attached hydrogen (secondary N) is 1. The number of carbonyl (C=O) groups is 2. The number of sulfone groups is 1. The van der Waals surface area contributed by atoms with Crippen LogP contribution in [-0.2, 0) is 21.1 Å². The first kappa shape index (κ1) is 26.7. The van der Waals surface area contributed by atoms with Gasteiger partial charge in [-0.25, -0.2) is 8.42 Å². The maximum absolute atomic E-state index is 13.6. The molecular formula is C26H29ClN4O5S. The van der Waals surface area contributed by atoms with Gasteiger partial charge in [-0.1, -0.05) is 6.07 Å². The smallest absolute Gasteiger partial charge is 0.252 e. The Labute approximate surface area is 221 Å². The summed E-state index contributed by atoms with van der Waals surface area (Å²) >= 11 is 0. The zero-order valence-corrected chi connectivity index (χ0v) is 22.2. The van der Waals surface area contributed by atoms with Crippen molar-refractivity contribution in [1.29, 1.82) is 0 Å². The SMILES string of the molecule is CC(=O)N1CCC(S(=O)(=O)c2cc(C)c3ncc(C(N)=O)c(Nc4cccc5c4CCO5)c3c2)CC1.Cl. The van der Waals surface area contributed by atoms with Gasteiger partial charge in [0.15, 0.2) is 9.84 Å². The molecule has 3 aromatic rings. The van der Waals surface area contributed by atoms with Crippen molar-refractivity contribution in [1.82, 2.24) is 9.88 Å². The van der Waals surface area contributed by atoms with Crippen molar-refractivity contribution < 1.29 is 22.7 Å². The lowest BCUT2D eigenvalue weighted by atomic mass is 10.0. The third-order valence-electron chi connectivity index (χ3n) is 7.06. The number of ether oxygens (including phenoxy) is 1. The van der Waals surface area contributed by atoms with Crippen molar-refractivity contribution in [2.45, 2.75) is 43.3 Å². The number of primary amides is 1. The average molecular weight is 545 g/mol. The summed E-state index contributed by atoms with van der Waals surface area (Å²) in [5, 5.41) is 3.25. The van der Waals surface area contributed by atoms with E-state index in [9.17, 15) is 18.0 Å². The minimum atomic E-state index is -3.69. The van der Waals surface area contributed by atoms with Crippen molar-refractivity contribution in [3.05, 3.63) is 53.2 Å². The van der Waals surface area contributed by atoms with Gasteiger partial charge in [-0.3, -0.25) is 14.6 Å². The molecule has 2 aliphatic heterocycles. The molecule has 196 valence electrons. The van der Waals surface area contributed by atoms with Crippen LogP contribution in [0.15, 0.2) is 41.4 Å². The maximum Gasteiger partial charge on any atom is 0.252 e. The number of amides is 2. The lowest BCUT2D eigenvalue weighted by Crippen LogP contribution is -2.41. The Hall–Kier alpha value is -3.37. The molecule has 1 saturated heterocycles. The van der Waals surface area contributed by atoms with E-state index in [1.54, 1.807) is 24.0 Å². The summed E-state index contributed by atoms with van der Waals surface area (Å²) in [5.74, 6) is 0.0551. The van der Waals surface area contributed by atoms with Crippen LogP contribution in [0.25, 0.3) is 10.9 Å².